The molecule has 1 amide bonds. The first kappa shape index (κ1) is 15.6. The van der Waals surface area contributed by atoms with E-state index in [4.69, 9.17) is 0 Å². The van der Waals surface area contributed by atoms with E-state index in [0.717, 1.165) is 25.1 Å². The third-order valence-corrected chi connectivity index (χ3v) is 4.04. The van der Waals surface area contributed by atoms with Crippen molar-refractivity contribution in [1.29, 1.82) is 0 Å². The van der Waals surface area contributed by atoms with Crippen molar-refractivity contribution < 1.29 is 9.18 Å². The third-order valence-electron chi connectivity index (χ3n) is 4.04. The summed E-state index contributed by atoms with van der Waals surface area (Å²) in [5, 5.41) is 2.73. The molecule has 6 heteroatoms. The van der Waals surface area contributed by atoms with Gasteiger partial charge in [-0.3, -0.25) is 9.69 Å². The van der Waals surface area contributed by atoms with Crippen LogP contribution in [0.5, 0.6) is 0 Å². The zero-order chi connectivity index (χ0) is 16.1. The number of carbonyl (C=O) groups is 1. The maximum Gasteiger partial charge on any atom is 0.225 e. The van der Waals surface area contributed by atoms with Gasteiger partial charge in [0.2, 0.25) is 5.91 Å². The lowest BCUT2D eigenvalue weighted by molar-refractivity contribution is -0.116. The standard InChI is InChI=1S/C17H19FN4O/c18-13-3-1-4-14(11-13)21-17(23)7-10-22-9-2-5-16(22)15-6-8-19-12-20-15/h1,3-4,6,8,11-12,16H,2,5,7,9-10H2,(H,21,23). The van der Waals surface area contributed by atoms with Crippen molar-refractivity contribution in [2.45, 2.75) is 25.3 Å². The molecule has 0 bridgehead atoms. The number of carbonyl (C=O) groups excluding carboxylic acids is 1. The molecule has 120 valence electrons. The van der Waals surface area contributed by atoms with Crippen LogP contribution in [-0.2, 0) is 4.79 Å². The molecule has 0 radical (unpaired) electrons. The fourth-order valence-corrected chi connectivity index (χ4v) is 2.96. The van der Waals surface area contributed by atoms with Gasteiger partial charge in [-0.05, 0) is 43.7 Å². The number of nitrogens with one attached hydrogen (secondary N) is 1. The summed E-state index contributed by atoms with van der Waals surface area (Å²) in [5.41, 5.74) is 1.49. The Hall–Kier alpha value is -2.34. The maximum atomic E-state index is 13.1. The Bertz CT molecular complexity index is 665. The van der Waals surface area contributed by atoms with Crippen LogP contribution in [0.3, 0.4) is 0 Å². The number of hydrogen-bond donors (Lipinski definition) is 1. The van der Waals surface area contributed by atoms with Crippen molar-refractivity contribution in [2.24, 2.45) is 0 Å². The van der Waals surface area contributed by atoms with Crippen molar-refractivity contribution in [3.05, 3.63) is 54.4 Å². The highest BCUT2D eigenvalue weighted by atomic mass is 19.1. The maximum absolute atomic E-state index is 13.1. The van der Waals surface area contributed by atoms with Crippen LogP contribution in [0.15, 0.2) is 42.9 Å². The Kier molecular flexibility index (Phi) is 4.92. The lowest BCUT2D eigenvalue weighted by Gasteiger charge is -2.23. The van der Waals surface area contributed by atoms with E-state index in [9.17, 15) is 9.18 Å². The zero-order valence-corrected chi connectivity index (χ0v) is 12.8. The molecule has 2 heterocycles. The molecule has 5 nitrogen and oxygen atoms in total. The third kappa shape index (κ3) is 4.10. The topological polar surface area (TPSA) is 58.1 Å². The molecule has 1 aliphatic heterocycles. The number of halogens is 1. The summed E-state index contributed by atoms with van der Waals surface area (Å²) in [5.74, 6) is -0.463. The van der Waals surface area contributed by atoms with E-state index >= 15 is 0 Å². The molecule has 1 aromatic heterocycles. The molecule has 1 saturated heterocycles. The summed E-state index contributed by atoms with van der Waals surface area (Å²) in [6, 6.07) is 8.11. The smallest absolute Gasteiger partial charge is 0.225 e. The average molecular weight is 314 g/mol. The van der Waals surface area contributed by atoms with Gasteiger partial charge in [-0.1, -0.05) is 6.07 Å². The molecule has 0 aliphatic carbocycles. The van der Waals surface area contributed by atoms with Crippen LogP contribution in [0.4, 0.5) is 10.1 Å². The van der Waals surface area contributed by atoms with E-state index in [-0.39, 0.29) is 17.8 Å². The first-order valence-corrected chi connectivity index (χ1v) is 7.78. The minimum absolute atomic E-state index is 0.107. The molecule has 3 rings (SSSR count). The van der Waals surface area contributed by atoms with Gasteiger partial charge < -0.3 is 5.32 Å². The first-order valence-electron chi connectivity index (χ1n) is 7.78. The molecule has 0 saturated carbocycles. The van der Waals surface area contributed by atoms with Gasteiger partial charge in [0.05, 0.1) is 11.7 Å². The lowest BCUT2D eigenvalue weighted by Crippen LogP contribution is -2.28. The summed E-state index contributed by atoms with van der Waals surface area (Å²) < 4.78 is 13.1. The van der Waals surface area contributed by atoms with Crippen LogP contribution < -0.4 is 5.32 Å². The lowest BCUT2D eigenvalue weighted by atomic mass is 10.1. The van der Waals surface area contributed by atoms with Gasteiger partial charge in [-0.15, -0.1) is 0 Å². The van der Waals surface area contributed by atoms with E-state index < -0.39 is 0 Å². The van der Waals surface area contributed by atoms with Gasteiger partial charge in [-0.25, -0.2) is 14.4 Å². The zero-order valence-electron chi connectivity index (χ0n) is 12.8. The van der Waals surface area contributed by atoms with Crippen molar-refractivity contribution >= 4 is 11.6 Å². The van der Waals surface area contributed by atoms with Gasteiger partial charge in [0.25, 0.3) is 0 Å². The predicted octanol–water partition coefficient (Wildman–Crippen LogP) is 2.78. The van der Waals surface area contributed by atoms with Gasteiger partial charge in [0.1, 0.15) is 12.1 Å². The van der Waals surface area contributed by atoms with Crippen molar-refractivity contribution in [2.75, 3.05) is 18.4 Å². The van der Waals surface area contributed by atoms with E-state index in [1.165, 1.54) is 12.1 Å². The first-order chi connectivity index (χ1) is 11.2. The van der Waals surface area contributed by atoms with Gasteiger partial charge in [-0.2, -0.15) is 0 Å². The van der Waals surface area contributed by atoms with Crippen LogP contribution in [0.2, 0.25) is 0 Å². The van der Waals surface area contributed by atoms with E-state index in [2.05, 4.69) is 20.2 Å². The number of nitrogens with zero attached hydrogens (tertiary/aromatic N) is 3. The highest BCUT2D eigenvalue weighted by Crippen LogP contribution is 2.30. The summed E-state index contributed by atoms with van der Waals surface area (Å²) in [6.45, 7) is 1.62. The summed E-state index contributed by atoms with van der Waals surface area (Å²) >= 11 is 0. The highest BCUT2D eigenvalue weighted by molar-refractivity contribution is 5.90. The number of hydrogen-bond acceptors (Lipinski definition) is 4. The molecule has 1 atom stereocenters. The van der Waals surface area contributed by atoms with Gasteiger partial charge >= 0.3 is 0 Å². The minimum Gasteiger partial charge on any atom is -0.326 e. The molecule has 1 fully saturated rings. The molecule has 2 aromatic rings. The second kappa shape index (κ2) is 7.28. The largest absolute Gasteiger partial charge is 0.326 e. The Morgan fingerprint density at radius 2 is 2.30 bits per heavy atom. The quantitative estimate of drug-likeness (QED) is 0.922. The van der Waals surface area contributed by atoms with E-state index in [1.54, 1.807) is 24.7 Å². The average Bonchev–Trinajstić information content (AvgIpc) is 3.02. The number of rotatable bonds is 5. The normalized spacial score (nSPS) is 18.0. The van der Waals surface area contributed by atoms with Crippen LogP contribution in [0.1, 0.15) is 31.0 Å². The van der Waals surface area contributed by atoms with Crippen LogP contribution in [0.25, 0.3) is 0 Å². The Morgan fingerprint density at radius 3 is 3.09 bits per heavy atom. The fourth-order valence-electron chi connectivity index (χ4n) is 2.96. The van der Waals surface area contributed by atoms with E-state index in [1.807, 2.05) is 6.07 Å². The summed E-state index contributed by atoms with van der Waals surface area (Å²) in [6.07, 6.45) is 5.82. The number of anilines is 1. The molecule has 1 aliphatic rings. The SMILES string of the molecule is O=C(CCN1CCCC1c1ccncn1)Nc1cccc(F)c1. The molecule has 23 heavy (non-hydrogen) atoms. The number of benzene rings is 1. The number of amides is 1. The molecular weight excluding hydrogens is 295 g/mol. The monoisotopic (exact) mass is 314 g/mol. The highest BCUT2D eigenvalue weighted by Gasteiger charge is 2.27. The molecular formula is C17H19FN4O. The number of likely N-dealkylation sites (tertiary alicyclic amines) is 1. The summed E-state index contributed by atoms with van der Waals surface area (Å²) in [7, 11) is 0. The minimum atomic E-state index is -0.355. The molecule has 1 unspecified atom stereocenters. The van der Waals surface area contributed by atoms with Crippen LogP contribution >= 0.6 is 0 Å². The predicted molar refractivity (Wildman–Crippen MR) is 85.2 cm³/mol. The van der Waals surface area contributed by atoms with Crippen LogP contribution in [0, 0.1) is 5.82 Å². The van der Waals surface area contributed by atoms with Crippen molar-refractivity contribution in [1.82, 2.24) is 14.9 Å². The second-order valence-corrected chi connectivity index (χ2v) is 5.64. The van der Waals surface area contributed by atoms with Crippen molar-refractivity contribution in [3.8, 4) is 0 Å². The van der Waals surface area contributed by atoms with Gasteiger partial charge in [0.15, 0.2) is 0 Å². The molecule has 1 aromatic carbocycles. The summed E-state index contributed by atoms with van der Waals surface area (Å²) in [4.78, 5) is 22.6. The fraction of sp³-hybridized carbons (Fsp3) is 0.353. The Labute approximate surface area is 134 Å². The van der Waals surface area contributed by atoms with Gasteiger partial charge in [0, 0.05) is 24.8 Å². The molecule has 0 spiro atoms. The molecule has 1 N–H and O–H groups in total. The van der Waals surface area contributed by atoms with Crippen molar-refractivity contribution in [3.63, 3.8) is 0 Å². The Morgan fingerprint density at radius 1 is 1.39 bits per heavy atom. The van der Waals surface area contributed by atoms with E-state index in [0.29, 0.717) is 18.7 Å². The second-order valence-electron chi connectivity index (χ2n) is 5.64. The number of aromatic nitrogens is 2. The Balaban J connectivity index is 1.54. The van der Waals surface area contributed by atoms with Crippen LogP contribution in [-0.4, -0.2) is 33.9 Å².